The van der Waals surface area contributed by atoms with Gasteiger partial charge in [0.1, 0.15) is 4.70 Å². The van der Waals surface area contributed by atoms with Crippen molar-refractivity contribution in [1.29, 1.82) is 0 Å². The van der Waals surface area contributed by atoms with Crippen molar-refractivity contribution in [2.24, 2.45) is 0 Å². The normalized spacial score (nSPS) is 16.5. The average Bonchev–Trinajstić information content (AvgIpc) is 3.08. The van der Waals surface area contributed by atoms with E-state index in [0.29, 0.717) is 17.4 Å². The van der Waals surface area contributed by atoms with Gasteiger partial charge in [0.05, 0.1) is 5.52 Å². The summed E-state index contributed by atoms with van der Waals surface area (Å²) in [4.78, 5) is 17.9. The van der Waals surface area contributed by atoms with Crippen molar-refractivity contribution >= 4 is 33.8 Å². The lowest BCUT2D eigenvalue weighted by molar-refractivity contribution is 0.235. The first kappa shape index (κ1) is 14.0. The minimum absolute atomic E-state index is 0.0403. The Balaban J connectivity index is 1.80. The SMILES string of the molecule is CN(CCn1c(=S)[nH]c2ccsc2c1=O)C1CCCC1. The lowest BCUT2D eigenvalue weighted by Gasteiger charge is -2.24. The van der Waals surface area contributed by atoms with E-state index < -0.39 is 0 Å². The molecule has 0 aromatic carbocycles. The molecule has 0 aliphatic heterocycles. The van der Waals surface area contributed by atoms with Crippen molar-refractivity contribution < 1.29 is 0 Å². The van der Waals surface area contributed by atoms with E-state index in [9.17, 15) is 4.79 Å². The Labute approximate surface area is 127 Å². The van der Waals surface area contributed by atoms with E-state index in [0.717, 1.165) is 16.8 Å². The van der Waals surface area contributed by atoms with E-state index in [1.165, 1.54) is 37.0 Å². The Kier molecular flexibility index (Phi) is 4.05. The topological polar surface area (TPSA) is 41.0 Å². The van der Waals surface area contributed by atoms with Crippen LogP contribution in [-0.4, -0.2) is 34.1 Å². The van der Waals surface area contributed by atoms with Crippen molar-refractivity contribution in [3.05, 3.63) is 26.6 Å². The second kappa shape index (κ2) is 5.79. The van der Waals surface area contributed by atoms with Gasteiger partial charge in [-0.15, -0.1) is 11.3 Å². The van der Waals surface area contributed by atoms with Crippen LogP contribution in [0.2, 0.25) is 0 Å². The highest BCUT2D eigenvalue weighted by atomic mass is 32.1. The third-order valence-electron chi connectivity index (χ3n) is 4.22. The Morgan fingerprint density at radius 2 is 2.25 bits per heavy atom. The van der Waals surface area contributed by atoms with Crippen LogP contribution in [0.15, 0.2) is 16.2 Å². The van der Waals surface area contributed by atoms with Gasteiger partial charge in [0, 0.05) is 19.1 Å². The summed E-state index contributed by atoms with van der Waals surface area (Å²) in [6.07, 6.45) is 5.22. The molecule has 0 radical (unpaired) electrons. The molecule has 2 heterocycles. The van der Waals surface area contributed by atoms with Crippen LogP contribution < -0.4 is 5.56 Å². The molecule has 1 aliphatic rings. The van der Waals surface area contributed by atoms with Crippen LogP contribution in [0.4, 0.5) is 0 Å². The van der Waals surface area contributed by atoms with Gasteiger partial charge in [-0.25, -0.2) is 0 Å². The molecule has 0 amide bonds. The number of thiophene rings is 1. The maximum atomic E-state index is 12.4. The smallest absolute Gasteiger partial charge is 0.272 e. The summed E-state index contributed by atoms with van der Waals surface area (Å²) in [5.41, 5.74) is 0.893. The molecule has 0 unspecified atom stereocenters. The zero-order valence-electron chi connectivity index (χ0n) is 11.6. The number of fused-ring (bicyclic) bond motifs is 1. The van der Waals surface area contributed by atoms with E-state index in [1.54, 1.807) is 4.57 Å². The fraction of sp³-hybridized carbons (Fsp3) is 0.571. The van der Waals surface area contributed by atoms with Gasteiger partial charge in [-0.1, -0.05) is 12.8 Å². The van der Waals surface area contributed by atoms with Gasteiger partial charge in [0.15, 0.2) is 4.77 Å². The quantitative estimate of drug-likeness (QED) is 0.883. The van der Waals surface area contributed by atoms with Crippen molar-refractivity contribution in [3.8, 4) is 0 Å². The zero-order chi connectivity index (χ0) is 14.1. The van der Waals surface area contributed by atoms with Gasteiger partial charge < -0.3 is 9.88 Å². The second-order valence-corrected chi connectivity index (χ2v) is 6.77. The molecule has 1 N–H and O–H groups in total. The molecule has 1 fully saturated rings. The van der Waals surface area contributed by atoms with Crippen molar-refractivity contribution in [2.45, 2.75) is 38.3 Å². The van der Waals surface area contributed by atoms with Crippen molar-refractivity contribution in [3.63, 3.8) is 0 Å². The van der Waals surface area contributed by atoms with Crippen LogP contribution in [0.3, 0.4) is 0 Å². The molecule has 0 spiro atoms. The Morgan fingerprint density at radius 3 is 3.00 bits per heavy atom. The Bertz CT molecular complexity index is 709. The van der Waals surface area contributed by atoms with Gasteiger partial charge in [-0.2, -0.15) is 0 Å². The molecule has 2 aromatic heterocycles. The van der Waals surface area contributed by atoms with Gasteiger partial charge in [-0.05, 0) is 43.6 Å². The molecule has 6 heteroatoms. The van der Waals surface area contributed by atoms with Gasteiger partial charge in [-0.3, -0.25) is 9.36 Å². The highest BCUT2D eigenvalue weighted by Gasteiger charge is 2.19. The fourth-order valence-corrected chi connectivity index (χ4v) is 4.04. The minimum atomic E-state index is 0.0403. The molecule has 0 atom stereocenters. The number of H-pyrrole nitrogens is 1. The monoisotopic (exact) mass is 309 g/mol. The largest absolute Gasteiger partial charge is 0.331 e. The molecule has 1 aliphatic carbocycles. The summed E-state index contributed by atoms with van der Waals surface area (Å²) in [5.74, 6) is 0. The third kappa shape index (κ3) is 2.60. The third-order valence-corrected chi connectivity index (χ3v) is 5.44. The van der Waals surface area contributed by atoms with Crippen LogP contribution in [0.5, 0.6) is 0 Å². The number of nitrogens with one attached hydrogen (secondary N) is 1. The van der Waals surface area contributed by atoms with E-state index in [1.807, 2.05) is 11.4 Å². The number of nitrogens with zero attached hydrogens (tertiary/aromatic N) is 2. The molecule has 20 heavy (non-hydrogen) atoms. The van der Waals surface area contributed by atoms with Crippen molar-refractivity contribution in [1.82, 2.24) is 14.5 Å². The Morgan fingerprint density at radius 1 is 1.50 bits per heavy atom. The first-order valence-electron chi connectivity index (χ1n) is 7.07. The summed E-state index contributed by atoms with van der Waals surface area (Å²) in [7, 11) is 2.15. The maximum Gasteiger partial charge on any atom is 0.272 e. The first-order valence-corrected chi connectivity index (χ1v) is 8.36. The van der Waals surface area contributed by atoms with Crippen LogP contribution in [-0.2, 0) is 6.54 Å². The summed E-state index contributed by atoms with van der Waals surface area (Å²) >= 11 is 6.79. The molecule has 4 nitrogen and oxygen atoms in total. The van der Waals surface area contributed by atoms with Crippen LogP contribution in [0.1, 0.15) is 25.7 Å². The molecular formula is C14H19N3OS2. The number of rotatable bonds is 4. The molecule has 2 aromatic rings. The summed E-state index contributed by atoms with van der Waals surface area (Å²) < 4.78 is 2.99. The summed E-state index contributed by atoms with van der Waals surface area (Å²) in [6, 6.07) is 2.58. The number of hydrogen-bond acceptors (Lipinski definition) is 4. The maximum absolute atomic E-state index is 12.4. The molecule has 0 bridgehead atoms. The predicted octanol–water partition coefficient (Wildman–Crippen LogP) is 2.99. The van der Waals surface area contributed by atoms with Gasteiger partial charge >= 0.3 is 0 Å². The van der Waals surface area contributed by atoms with Crippen molar-refractivity contribution in [2.75, 3.05) is 13.6 Å². The molecule has 1 saturated carbocycles. The van der Waals surface area contributed by atoms with Gasteiger partial charge in [0.25, 0.3) is 5.56 Å². The molecule has 3 rings (SSSR count). The highest BCUT2D eigenvalue weighted by Crippen LogP contribution is 2.22. The summed E-state index contributed by atoms with van der Waals surface area (Å²) in [6.45, 7) is 1.54. The van der Waals surface area contributed by atoms with Crippen LogP contribution in [0.25, 0.3) is 10.2 Å². The summed E-state index contributed by atoms with van der Waals surface area (Å²) in [5, 5.41) is 1.92. The minimum Gasteiger partial charge on any atom is -0.331 e. The van der Waals surface area contributed by atoms with Gasteiger partial charge in [0.2, 0.25) is 0 Å². The standard InChI is InChI=1S/C14H19N3OS2/c1-16(10-4-2-3-5-10)7-8-17-13(18)12-11(6-9-20-12)15-14(17)19/h6,9-10H,2-5,7-8H2,1H3,(H,15,19). The Hall–Kier alpha value is -0.980. The highest BCUT2D eigenvalue weighted by molar-refractivity contribution is 7.71. The number of likely N-dealkylation sites (N-methyl/N-ethyl adjacent to an activating group) is 1. The molecule has 108 valence electrons. The second-order valence-electron chi connectivity index (χ2n) is 5.47. The molecular weight excluding hydrogens is 290 g/mol. The van der Waals surface area contributed by atoms with E-state index in [2.05, 4.69) is 16.9 Å². The van der Waals surface area contributed by atoms with Crippen LogP contribution in [0, 0.1) is 4.77 Å². The fourth-order valence-electron chi connectivity index (χ4n) is 2.96. The number of hydrogen-bond donors (Lipinski definition) is 1. The lowest BCUT2D eigenvalue weighted by atomic mass is 10.2. The van der Waals surface area contributed by atoms with Crippen LogP contribution >= 0.6 is 23.6 Å². The number of aromatic amines is 1. The van der Waals surface area contributed by atoms with E-state index in [4.69, 9.17) is 12.2 Å². The zero-order valence-corrected chi connectivity index (χ0v) is 13.2. The first-order chi connectivity index (χ1) is 9.66. The predicted molar refractivity (Wildman–Crippen MR) is 86.2 cm³/mol. The van der Waals surface area contributed by atoms with E-state index in [-0.39, 0.29) is 5.56 Å². The lowest BCUT2D eigenvalue weighted by Crippen LogP contribution is -2.34. The average molecular weight is 309 g/mol. The number of aromatic nitrogens is 2. The molecule has 0 saturated heterocycles. The van der Waals surface area contributed by atoms with E-state index >= 15 is 0 Å².